The number of benzene rings is 2. The summed E-state index contributed by atoms with van der Waals surface area (Å²) in [4.78, 5) is 4.57. The van der Waals surface area contributed by atoms with Gasteiger partial charge in [-0.15, -0.1) is 0 Å². The fraction of sp³-hybridized carbons (Fsp3) is 0.278. The van der Waals surface area contributed by atoms with Gasteiger partial charge in [-0.3, -0.25) is 0 Å². The van der Waals surface area contributed by atoms with E-state index >= 15 is 0 Å². The Morgan fingerprint density at radius 3 is 2.48 bits per heavy atom. The molecule has 2 aromatic rings. The van der Waals surface area contributed by atoms with E-state index in [-0.39, 0.29) is 6.17 Å². The zero-order chi connectivity index (χ0) is 15.1. The molecule has 3 rings (SSSR count). The van der Waals surface area contributed by atoms with Crippen LogP contribution in [-0.4, -0.2) is 13.2 Å². The van der Waals surface area contributed by atoms with Gasteiger partial charge in [0.05, 0.1) is 23.0 Å². The molecule has 21 heavy (non-hydrogen) atoms. The highest BCUT2D eigenvalue weighted by molar-refractivity contribution is 5.85. The molecule has 0 saturated carbocycles. The first-order valence-corrected chi connectivity index (χ1v) is 7.16. The van der Waals surface area contributed by atoms with Gasteiger partial charge in [0.25, 0.3) is 0 Å². The SMILES string of the molecule is Cc1ccc(C)c(N2c3cc(C#N)ccc3N(C)[C@@H]2C)c1. The van der Waals surface area contributed by atoms with Crippen molar-refractivity contribution < 1.29 is 0 Å². The summed E-state index contributed by atoms with van der Waals surface area (Å²) in [5, 5.41) is 9.17. The first-order chi connectivity index (χ1) is 10.0. The summed E-state index contributed by atoms with van der Waals surface area (Å²) < 4.78 is 0. The lowest BCUT2D eigenvalue weighted by atomic mass is 10.1. The Kier molecular flexibility index (Phi) is 3.10. The van der Waals surface area contributed by atoms with Gasteiger partial charge < -0.3 is 9.80 Å². The number of aryl methyl sites for hydroxylation is 2. The third-order valence-electron chi connectivity index (χ3n) is 4.30. The van der Waals surface area contributed by atoms with Crippen LogP contribution in [-0.2, 0) is 0 Å². The fourth-order valence-corrected chi connectivity index (χ4v) is 2.97. The molecule has 3 heteroatoms. The summed E-state index contributed by atoms with van der Waals surface area (Å²) in [6, 6.07) is 14.7. The standard InChI is InChI=1S/C18H19N3/c1-12-5-6-13(2)17(9-12)21-14(3)20(4)16-8-7-15(11-19)10-18(16)21/h5-10,14H,1-4H3/t14-/m0/s1. The van der Waals surface area contributed by atoms with Gasteiger partial charge >= 0.3 is 0 Å². The second-order valence-corrected chi connectivity index (χ2v) is 5.72. The molecule has 0 saturated heterocycles. The minimum absolute atomic E-state index is 0.231. The van der Waals surface area contributed by atoms with Crippen molar-refractivity contribution in [3.05, 3.63) is 53.1 Å². The van der Waals surface area contributed by atoms with Crippen LogP contribution in [0, 0.1) is 25.2 Å². The first kappa shape index (κ1) is 13.5. The van der Waals surface area contributed by atoms with Gasteiger partial charge in [0, 0.05) is 12.7 Å². The van der Waals surface area contributed by atoms with Crippen LogP contribution in [0.15, 0.2) is 36.4 Å². The molecule has 106 valence electrons. The molecule has 0 unspecified atom stereocenters. The number of hydrogen-bond donors (Lipinski definition) is 0. The number of fused-ring (bicyclic) bond motifs is 1. The zero-order valence-electron chi connectivity index (χ0n) is 12.9. The van der Waals surface area contributed by atoms with Crippen molar-refractivity contribution in [2.45, 2.75) is 26.9 Å². The van der Waals surface area contributed by atoms with Gasteiger partial charge in [-0.1, -0.05) is 12.1 Å². The molecule has 0 N–H and O–H groups in total. The van der Waals surface area contributed by atoms with E-state index in [1.165, 1.54) is 22.5 Å². The van der Waals surface area contributed by atoms with E-state index < -0.39 is 0 Å². The third-order valence-corrected chi connectivity index (χ3v) is 4.30. The molecule has 0 aromatic heterocycles. The fourth-order valence-electron chi connectivity index (χ4n) is 2.97. The minimum atomic E-state index is 0.231. The molecule has 0 fully saturated rings. The van der Waals surface area contributed by atoms with Crippen LogP contribution in [0.2, 0.25) is 0 Å². The molecule has 0 bridgehead atoms. The van der Waals surface area contributed by atoms with Gasteiger partial charge in [0.1, 0.15) is 6.17 Å². The number of nitriles is 1. The second kappa shape index (κ2) is 4.82. The minimum Gasteiger partial charge on any atom is -0.353 e. The summed E-state index contributed by atoms with van der Waals surface area (Å²) in [6.07, 6.45) is 0.231. The quantitative estimate of drug-likeness (QED) is 0.786. The Labute approximate surface area is 126 Å². The molecule has 1 heterocycles. The van der Waals surface area contributed by atoms with Gasteiger partial charge in [0.2, 0.25) is 0 Å². The van der Waals surface area contributed by atoms with Crippen molar-refractivity contribution in [2.24, 2.45) is 0 Å². The molecule has 1 aliphatic heterocycles. The predicted molar refractivity (Wildman–Crippen MR) is 87.1 cm³/mol. The predicted octanol–water partition coefficient (Wildman–Crippen LogP) is 4.11. The molecule has 0 spiro atoms. The molecule has 3 nitrogen and oxygen atoms in total. The summed E-state index contributed by atoms with van der Waals surface area (Å²) in [5.41, 5.74) is 6.68. The van der Waals surface area contributed by atoms with Crippen molar-refractivity contribution in [1.82, 2.24) is 0 Å². The monoisotopic (exact) mass is 277 g/mol. The molecule has 0 aliphatic carbocycles. The molecule has 0 amide bonds. The van der Waals surface area contributed by atoms with Crippen molar-refractivity contribution in [3.8, 4) is 6.07 Å². The summed E-state index contributed by atoms with van der Waals surface area (Å²) in [5.74, 6) is 0. The van der Waals surface area contributed by atoms with Gasteiger partial charge in [-0.25, -0.2) is 0 Å². The maximum Gasteiger partial charge on any atom is 0.103 e. The van der Waals surface area contributed by atoms with Crippen molar-refractivity contribution in [2.75, 3.05) is 16.8 Å². The number of anilines is 3. The van der Waals surface area contributed by atoms with Gasteiger partial charge in [-0.2, -0.15) is 5.26 Å². The Morgan fingerprint density at radius 2 is 1.76 bits per heavy atom. The molecule has 1 aliphatic rings. The van der Waals surface area contributed by atoms with E-state index in [0.717, 1.165) is 5.69 Å². The first-order valence-electron chi connectivity index (χ1n) is 7.16. The summed E-state index contributed by atoms with van der Waals surface area (Å²) >= 11 is 0. The van der Waals surface area contributed by atoms with E-state index in [1.807, 2.05) is 18.2 Å². The van der Waals surface area contributed by atoms with Crippen LogP contribution in [0.5, 0.6) is 0 Å². The Bertz CT molecular complexity index is 743. The molecular formula is C18H19N3. The number of nitrogens with zero attached hydrogens (tertiary/aromatic N) is 3. The summed E-state index contributed by atoms with van der Waals surface area (Å²) in [7, 11) is 2.10. The van der Waals surface area contributed by atoms with Crippen molar-refractivity contribution >= 4 is 17.1 Å². The largest absolute Gasteiger partial charge is 0.353 e. The maximum absolute atomic E-state index is 9.17. The Morgan fingerprint density at radius 1 is 1.00 bits per heavy atom. The Hall–Kier alpha value is -2.47. The lowest BCUT2D eigenvalue weighted by Crippen LogP contribution is -2.35. The third kappa shape index (κ3) is 2.04. The number of rotatable bonds is 1. The Balaban J connectivity index is 2.21. The smallest absolute Gasteiger partial charge is 0.103 e. The van der Waals surface area contributed by atoms with Gasteiger partial charge in [0.15, 0.2) is 0 Å². The molecule has 1 atom stereocenters. The molecule has 2 aromatic carbocycles. The topological polar surface area (TPSA) is 30.3 Å². The van der Waals surface area contributed by atoms with Crippen LogP contribution in [0.3, 0.4) is 0 Å². The summed E-state index contributed by atoms with van der Waals surface area (Å²) in [6.45, 7) is 6.43. The molecular weight excluding hydrogens is 258 g/mol. The highest BCUT2D eigenvalue weighted by Crippen LogP contribution is 2.44. The lowest BCUT2D eigenvalue weighted by molar-refractivity contribution is 0.732. The highest BCUT2D eigenvalue weighted by atomic mass is 15.4. The van der Waals surface area contributed by atoms with Crippen molar-refractivity contribution in [1.29, 1.82) is 5.26 Å². The number of hydrogen-bond acceptors (Lipinski definition) is 3. The van der Waals surface area contributed by atoms with E-state index in [0.29, 0.717) is 5.56 Å². The van der Waals surface area contributed by atoms with Crippen LogP contribution in [0.1, 0.15) is 23.6 Å². The van der Waals surface area contributed by atoms with Crippen molar-refractivity contribution in [3.63, 3.8) is 0 Å². The van der Waals surface area contributed by atoms with Gasteiger partial charge in [-0.05, 0) is 56.2 Å². The zero-order valence-corrected chi connectivity index (χ0v) is 12.9. The van der Waals surface area contributed by atoms with E-state index in [9.17, 15) is 5.26 Å². The van der Waals surface area contributed by atoms with E-state index in [2.05, 4.69) is 61.9 Å². The average molecular weight is 277 g/mol. The van der Waals surface area contributed by atoms with Crippen LogP contribution in [0.25, 0.3) is 0 Å². The second-order valence-electron chi connectivity index (χ2n) is 5.72. The molecule has 0 radical (unpaired) electrons. The lowest BCUT2D eigenvalue weighted by Gasteiger charge is -2.29. The van der Waals surface area contributed by atoms with E-state index in [4.69, 9.17) is 0 Å². The average Bonchev–Trinajstić information content (AvgIpc) is 2.73. The van der Waals surface area contributed by atoms with E-state index in [1.54, 1.807) is 0 Å². The van der Waals surface area contributed by atoms with Crippen LogP contribution >= 0.6 is 0 Å². The van der Waals surface area contributed by atoms with Crippen LogP contribution in [0.4, 0.5) is 17.1 Å². The highest BCUT2D eigenvalue weighted by Gasteiger charge is 2.32. The van der Waals surface area contributed by atoms with Crippen LogP contribution < -0.4 is 9.80 Å². The normalized spacial score (nSPS) is 16.8. The maximum atomic E-state index is 9.17.